The summed E-state index contributed by atoms with van der Waals surface area (Å²) < 4.78 is 0. The van der Waals surface area contributed by atoms with Crippen molar-refractivity contribution in [3.63, 3.8) is 0 Å². The first-order chi connectivity index (χ1) is 8.24. The van der Waals surface area contributed by atoms with Crippen molar-refractivity contribution in [1.82, 2.24) is 10.2 Å². The molecule has 2 nitrogen and oxygen atoms in total. The molecular weight excluding hydrogens is 208 g/mol. The molecule has 0 bridgehead atoms. The molecule has 1 unspecified atom stereocenters. The van der Waals surface area contributed by atoms with Gasteiger partial charge < -0.3 is 5.32 Å². The molecule has 0 aliphatic rings. The molecular formula is C15H26N2. The van der Waals surface area contributed by atoms with Gasteiger partial charge >= 0.3 is 0 Å². The van der Waals surface area contributed by atoms with Crippen LogP contribution in [0, 0.1) is 0 Å². The fourth-order valence-corrected chi connectivity index (χ4v) is 1.86. The molecule has 1 rings (SSSR count). The van der Waals surface area contributed by atoms with Gasteiger partial charge in [0, 0.05) is 12.6 Å². The molecule has 0 spiro atoms. The van der Waals surface area contributed by atoms with Gasteiger partial charge in [-0.15, -0.1) is 0 Å². The molecule has 0 fully saturated rings. The summed E-state index contributed by atoms with van der Waals surface area (Å²) in [6.45, 7) is 7.80. The highest BCUT2D eigenvalue weighted by Crippen LogP contribution is 2.07. The predicted octanol–water partition coefficient (Wildman–Crippen LogP) is 2.90. The zero-order valence-electron chi connectivity index (χ0n) is 11.4. The third kappa shape index (κ3) is 5.85. The maximum atomic E-state index is 3.46. The fourth-order valence-electron chi connectivity index (χ4n) is 1.86. The van der Waals surface area contributed by atoms with Crippen LogP contribution in [0.15, 0.2) is 30.3 Å². The van der Waals surface area contributed by atoms with Crippen molar-refractivity contribution in [2.24, 2.45) is 0 Å². The third-order valence-corrected chi connectivity index (χ3v) is 3.19. The van der Waals surface area contributed by atoms with Crippen LogP contribution >= 0.6 is 0 Å². The maximum absolute atomic E-state index is 3.46. The van der Waals surface area contributed by atoms with Gasteiger partial charge in [-0.1, -0.05) is 37.3 Å². The highest BCUT2D eigenvalue weighted by Gasteiger charge is 2.08. The van der Waals surface area contributed by atoms with E-state index in [1.807, 2.05) is 0 Å². The molecule has 17 heavy (non-hydrogen) atoms. The van der Waals surface area contributed by atoms with Crippen LogP contribution in [-0.2, 0) is 6.54 Å². The quantitative estimate of drug-likeness (QED) is 0.696. The maximum Gasteiger partial charge on any atom is 0.0233 e. The number of hydrogen-bond acceptors (Lipinski definition) is 2. The van der Waals surface area contributed by atoms with Crippen LogP contribution in [-0.4, -0.2) is 31.1 Å². The Morgan fingerprint density at radius 1 is 1.18 bits per heavy atom. The first kappa shape index (κ1) is 14.2. The van der Waals surface area contributed by atoms with E-state index in [9.17, 15) is 0 Å². The Labute approximate surface area is 106 Å². The van der Waals surface area contributed by atoms with E-state index in [0.717, 1.165) is 19.6 Å². The second-order valence-electron chi connectivity index (χ2n) is 4.79. The Morgan fingerprint density at radius 3 is 2.53 bits per heavy atom. The predicted molar refractivity (Wildman–Crippen MR) is 75.1 cm³/mol. The van der Waals surface area contributed by atoms with E-state index in [1.165, 1.54) is 18.4 Å². The zero-order valence-corrected chi connectivity index (χ0v) is 11.4. The van der Waals surface area contributed by atoms with Crippen molar-refractivity contribution in [3.8, 4) is 0 Å². The standard InChI is InChI=1S/C15H26N2/c1-4-11-16-12-10-14(2)17(3)13-15-8-6-5-7-9-15/h5-9,14,16H,4,10-13H2,1-3H3. The summed E-state index contributed by atoms with van der Waals surface area (Å²) in [6, 6.07) is 11.3. The molecule has 0 aliphatic carbocycles. The Bertz CT molecular complexity index is 284. The van der Waals surface area contributed by atoms with Gasteiger partial charge in [0.15, 0.2) is 0 Å². The number of nitrogens with zero attached hydrogens (tertiary/aromatic N) is 1. The minimum absolute atomic E-state index is 0.625. The van der Waals surface area contributed by atoms with Crippen LogP contribution < -0.4 is 5.32 Å². The number of hydrogen-bond donors (Lipinski definition) is 1. The Morgan fingerprint density at radius 2 is 1.88 bits per heavy atom. The normalized spacial score (nSPS) is 12.9. The summed E-state index contributed by atoms with van der Waals surface area (Å²) in [5, 5.41) is 3.46. The van der Waals surface area contributed by atoms with Crippen LogP contribution in [0.1, 0.15) is 32.3 Å². The van der Waals surface area contributed by atoms with Crippen LogP contribution in [0.25, 0.3) is 0 Å². The molecule has 0 aromatic heterocycles. The van der Waals surface area contributed by atoms with Crippen molar-refractivity contribution in [2.45, 2.75) is 39.3 Å². The first-order valence-electron chi connectivity index (χ1n) is 6.69. The van der Waals surface area contributed by atoms with E-state index >= 15 is 0 Å². The average molecular weight is 234 g/mol. The molecule has 96 valence electrons. The molecule has 0 saturated heterocycles. The van der Waals surface area contributed by atoms with E-state index in [1.54, 1.807) is 0 Å². The second-order valence-corrected chi connectivity index (χ2v) is 4.79. The largest absolute Gasteiger partial charge is 0.317 e. The number of nitrogens with one attached hydrogen (secondary N) is 1. The number of benzene rings is 1. The van der Waals surface area contributed by atoms with Gasteiger partial charge in [0.25, 0.3) is 0 Å². The highest BCUT2D eigenvalue weighted by atomic mass is 15.1. The molecule has 2 heteroatoms. The summed E-state index contributed by atoms with van der Waals surface area (Å²) in [4.78, 5) is 2.42. The van der Waals surface area contributed by atoms with Crippen molar-refractivity contribution < 1.29 is 0 Å². The van der Waals surface area contributed by atoms with Gasteiger partial charge in [-0.2, -0.15) is 0 Å². The lowest BCUT2D eigenvalue weighted by Gasteiger charge is -2.24. The molecule has 0 amide bonds. The minimum Gasteiger partial charge on any atom is -0.317 e. The summed E-state index contributed by atoms with van der Waals surface area (Å²) in [7, 11) is 2.21. The highest BCUT2D eigenvalue weighted by molar-refractivity contribution is 5.14. The van der Waals surface area contributed by atoms with E-state index in [-0.39, 0.29) is 0 Å². The molecule has 0 aliphatic heterocycles. The summed E-state index contributed by atoms with van der Waals surface area (Å²) in [5.74, 6) is 0. The van der Waals surface area contributed by atoms with Gasteiger partial charge in [0.1, 0.15) is 0 Å². The van der Waals surface area contributed by atoms with Crippen molar-refractivity contribution >= 4 is 0 Å². The van der Waals surface area contributed by atoms with Gasteiger partial charge in [-0.3, -0.25) is 4.90 Å². The molecule has 1 N–H and O–H groups in total. The second kappa shape index (κ2) is 8.26. The SMILES string of the molecule is CCCNCCC(C)N(C)Cc1ccccc1. The van der Waals surface area contributed by atoms with Crippen molar-refractivity contribution in [3.05, 3.63) is 35.9 Å². The van der Waals surface area contributed by atoms with Crippen LogP contribution in [0.4, 0.5) is 0 Å². The first-order valence-corrected chi connectivity index (χ1v) is 6.69. The molecule has 0 saturated carbocycles. The van der Waals surface area contributed by atoms with E-state index in [2.05, 4.69) is 61.4 Å². The average Bonchev–Trinajstić information content (AvgIpc) is 2.35. The third-order valence-electron chi connectivity index (χ3n) is 3.19. The fraction of sp³-hybridized carbons (Fsp3) is 0.600. The molecule has 0 heterocycles. The summed E-state index contributed by atoms with van der Waals surface area (Å²) >= 11 is 0. The van der Waals surface area contributed by atoms with E-state index < -0.39 is 0 Å². The molecule has 0 radical (unpaired) electrons. The zero-order chi connectivity index (χ0) is 12.5. The Hall–Kier alpha value is -0.860. The lowest BCUT2D eigenvalue weighted by Crippen LogP contribution is -2.32. The Kier molecular flexibility index (Phi) is 6.90. The van der Waals surface area contributed by atoms with Crippen LogP contribution in [0.5, 0.6) is 0 Å². The van der Waals surface area contributed by atoms with Crippen molar-refractivity contribution in [2.75, 3.05) is 20.1 Å². The monoisotopic (exact) mass is 234 g/mol. The van der Waals surface area contributed by atoms with Gasteiger partial charge in [0.05, 0.1) is 0 Å². The number of rotatable bonds is 8. The lowest BCUT2D eigenvalue weighted by molar-refractivity contribution is 0.236. The van der Waals surface area contributed by atoms with Crippen molar-refractivity contribution in [1.29, 1.82) is 0 Å². The van der Waals surface area contributed by atoms with Crippen LogP contribution in [0.2, 0.25) is 0 Å². The molecule has 1 aromatic carbocycles. The molecule has 1 atom stereocenters. The Balaban J connectivity index is 2.24. The molecule has 1 aromatic rings. The lowest BCUT2D eigenvalue weighted by atomic mass is 10.1. The van der Waals surface area contributed by atoms with Gasteiger partial charge in [-0.25, -0.2) is 0 Å². The minimum atomic E-state index is 0.625. The van der Waals surface area contributed by atoms with Gasteiger partial charge in [-0.05, 0) is 45.5 Å². The summed E-state index contributed by atoms with van der Waals surface area (Å²) in [5.41, 5.74) is 1.39. The summed E-state index contributed by atoms with van der Waals surface area (Å²) in [6.07, 6.45) is 2.43. The topological polar surface area (TPSA) is 15.3 Å². The van der Waals surface area contributed by atoms with Crippen LogP contribution in [0.3, 0.4) is 0 Å². The smallest absolute Gasteiger partial charge is 0.0233 e. The van der Waals surface area contributed by atoms with Gasteiger partial charge in [0.2, 0.25) is 0 Å². The van der Waals surface area contributed by atoms with E-state index in [0.29, 0.717) is 6.04 Å². The van der Waals surface area contributed by atoms with E-state index in [4.69, 9.17) is 0 Å².